The van der Waals surface area contributed by atoms with Crippen molar-refractivity contribution in [2.24, 2.45) is 0 Å². The molecule has 36 heavy (non-hydrogen) atoms. The lowest BCUT2D eigenvalue weighted by molar-refractivity contribution is 0.202. The van der Waals surface area contributed by atoms with Crippen LogP contribution in [0.15, 0.2) is 91.5 Å². The number of aromatic nitrogens is 4. The SMILES string of the molecule is CC(C)c1ccnc(CN(CCCN(Cc2ccccn2)Cc2ccccn2)Cc2ccccn2)c1. The van der Waals surface area contributed by atoms with Crippen molar-refractivity contribution in [3.63, 3.8) is 0 Å². The molecule has 186 valence electrons. The molecule has 0 aliphatic rings. The van der Waals surface area contributed by atoms with Gasteiger partial charge in [-0.15, -0.1) is 0 Å². The summed E-state index contributed by atoms with van der Waals surface area (Å²) >= 11 is 0. The monoisotopic (exact) mass is 480 g/mol. The Balaban J connectivity index is 1.43. The number of hydrogen-bond acceptors (Lipinski definition) is 6. The minimum atomic E-state index is 0.489. The van der Waals surface area contributed by atoms with Crippen LogP contribution in [0.5, 0.6) is 0 Å². The maximum absolute atomic E-state index is 4.67. The van der Waals surface area contributed by atoms with Gasteiger partial charge >= 0.3 is 0 Å². The molecule has 4 aromatic rings. The van der Waals surface area contributed by atoms with E-state index in [2.05, 4.69) is 80.0 Å². The van der Waals surface area contributed by atoms with Crippen molar-refractivity contribution in [2.45, 2.75) is 52.4 Å². The van der Waals surface area contributed by atoms with E-state index in [9.17, 15) is 0 Å². The molecule has 0 unspecified atom stereocenters. The molecule has 0 atom stereocenters. The zero-order valence-corrected chi connectivity index (χ0v) is 21.4. The Morgan fingerprint density at radius 1 is 0.556 bits per heavy atom. The largest absolute Gasteiger partial charge is 0.292 e. The van der Waals surface area contributed by atoms with Gasteiger partial charge in [0.1, 0.15) is 0 Å². The van der Waals surface area contributed by atoms with Crippen LogP contribution < -0.4 is 0 Å². The highest BCUT2D eigenvalue weighted by molar-refractivity contribution is 5.19. The summed E-state index contributed by atoms with van der Waals surface area (Å²) in [6, 6.07) is 22.7. The predicted octanol–water partition coefficient (Wildman–Crippen LogP) is 5.48. The Bertz CT molecular complexity index is 1110. The molecule has 0 N–H and O–H groups in total. The molecule has 0 aromatic carbocycles. The molecular weight excluding hydrogens is 444 g/mol. The number of hydrogen-bond donors (Lipinski definition) is 0. The summed E-state index contributed by atoms with van der Waals surface area (Å²) in [5.74, 6) is 0.489. The fourth-order valence-corrected chi connectivity index (χ4v) is 4.28. The van der Waals surface area contributed by atoms with Crippen LogP contribution in [0.2, 0.25) is 0 Å². The van der Waals surface area contributed by atoms with Gasteiger partial charge in [0.25, 0.3) is 0 Å². The summed E-state index contributed by atoms with van der Waals surface area (Å²) in [6.07, 6.45) is 8.55. The van der Waals surface area contributed by atoms with Crippen LogP contribution in [0.4, 0.5) is 0 Å². The van der Waals surface area contributed by atoms with E-state index in [4.69, 9.17) is 0 Å². The maximum atomic E-state index is 4.67. The van der Waals surface area contributed by atoms with Crippen LogP contribution in [0, 0.1) is 0 Å². The summed E-state index contributed by atoms with van der Waals surface area (Å²) in [5, 5.41) is 0. The Kier molecular flexibility index (Phi) is 9.65. The van der Waals surface area contributed by atoms with Crippen molar-refractivity contribution in [3.05, 3.63) is 120 Å². The van der Waals surface area contributed by atoms with Crippen molar-refractivity contribution in [1.29, 1.82) is 0 Å². The molecule has 0 aliphatic carbocycles. The average Bonchev–Trinajstić information content (AvgIpc) is 2.90. The van der Waals surface area contributed by atoms with E-state index in [-0.39, 0.29) is 0 Å². The van der Waals surface area contributed by atoms with Gasteiger partial charge in [-0.1, -0.05) is 32.0 Å². The molecule has 0 radical (unpaired) electrons. The molecule has 6 heteroatoms. The van der Waals surface area contributed by atoms with Gasteiger partial charge < -0.3 is 0 Å². The zero-order chi connectivity index (χ0) is 25.0. The molecule has 0 saturated heterocycles. The van der Waals surface area contributed by atoms with E-state index in [0.717, 1.165) is 68.5 Å². The smallest absolute Gasteiger partial charge is 0.0546 e. The van der Waals surface area contributed by atoms with E-state index in [1.807, 2.05) is 55.1 Å². The fraction of sp³-hybridized carbons (Fsp3) is 0.333. The summed E-state index contributed by atoms with van der Waals surface area (Å²) < 4.78 is 0. The minimum absolute atomic E-state index is 0.489. The van der Waals surface area contributed by atoms with Gasteiger partial charge in [-0.25, -0.2) is 0 Å². The molecule has 0 fully saturated rings. The van der Waals surface area contributed by atoms with Crippen LogP contribution in [0.1, 0.15) is 54.5 Å². The van der Waals surface area contributed by atoms with Crippen molar-refractivity contribution in [1.82, 2.24) is 29.7 Å². The lowest BCUT2D eigenvalue weighted by Crippen LogP contribution is -2.30. The highest BCUT2D eigenvalue weighted by atomic mass is 15.2. The first-order valence-electron chi connectivity index (χ1n) is 12.7. The Labute approximate surface area is 215 Å². The first-order valence-corrected chi connectivity index (χ1v) is 12.7. The van der Waals surface area contributed by atoms with Crippen molar-refractivity contribution >= 4 is 0 Å². The maximum Gasteiger partial charge on any atom is 0.0546 e. The third-order valence-corrected chi connectivity index (χ3v) is 6.18. The first-order chi connectivity index (χ1) is 17.7. The predicted molar refractivity (Wildman–Crippen MR) is 144 cm³/mol. The first kappa shape index (κ1) is 25.6. The number of nitrogens with zero attached hydrogens (tertiary/aromatic N) is 6. The van der Waals surface area contributed by atoms with Gasteiger partial charge in [-0.3, -0.25) is 29.7 Å². The molecule has 6 nitrogen and oxygen atoms in total. The summed E-state index contributed by atoms with van der Waals surface area (Å²) in [6.45, 7) is 9.55. The molecule has 0 amide bonds. The second-order valence-electron chi connectivity index (χ2n) is 9.47. The highest BCUT2D eigenvalue weighted by Crippen LogP contribution is 2.16. The quantitative estimate of drug-likeness (QED) is 0.252. The highest BCUT2D eigenvalue weighted by Gasteiger charge is 2.13. The molecular formula is C30H36N6. The van der Waals surface area contributed by atoms with Gasteiger partial charge in [0.05, 0.1) is 22.8 Å². The third-order valence-electron chi connectivity index (χ3n) is 6.18. The van der Waals surface area contributed by atoms with Crippen LogP contribution >= 0.6 is 0 Å². The molecule has 4 aromatic heterocycles. The Hall–Kier alpha value is -3.48. The zero-order valence-electron chi connectivity index (χ0n) is 21.4. The van der Waals surface area contributed by atoms with Crippen LogP contribution in [0.3, 0.4) is 0 Å². The van der Waals surface area contributed by atoms with Crippen LogP contribution in [0.25, 0.3) is 0 Å². The Morgan fingerprint density at radius 2 is 1.00 bits per heavy atom. The third kappa shape index (κ3) is 8.33. The average molecular weight is 481 g/mol. The number of rotatable bonds is 13. The van der Waals surface area contributed by atoms with Crippen LogP contribution in [-0.4, -0.2) is 42.8 Å². The summed E-state index contributed by atoms with van der Waals surface area (Å²) in [5.41, 5.74) is 5.67. The standard InChI is InChI=1S/C30H36N6/c1-25(2)26-13-17-34-30(20-26)24-36(23-29-12-5-8-16-33-29)19-9-18-35(21-27-10-3-6-14-31-27)22-28-11-4-7-15-32-28/h3-8,10-17,20,25H,9,18-19,21-24H2,1-2H3. The van der Waals surface area contributed by atoms with Crippen molar-refractivity contribution in [3.8, 4) is 0 Å². The van der Waals surface area contributed by atoms with E-state index in [1.54, 1.807) is 0 Å². The topological polar surface area (TPSA) is 58.0 Å². The lowest BCUT2D eigenvalue weighted by Gasteiger charge is -2.25. The van der Waals surface area contributed by atoms with E-state index in [1.165, 1.54) is 5.56 Å². The molecule has 4 heterocycles. The van der Waals surface area contributed by atoms with E-state index < -0.39 is 0 Å². The van der Waals surface area contributed by atoms with Crippen LogP contribution in [-0.2, 0) is 26.2 Å². The molecule has 0 saturated carbocycles. The van der Waals surface area contributed by atoms with Gasteiger partial charge in [0, 0.05) is 64.1 Å². The van der Waals surface area contributed by atoms with Crippen molar-refractivity contribution < 1.29 is 0 Å². The normalized spacial score (nSPS) is 11.5. The fourth-order valence-electron chi connectivity index (χ4n) is 4.28. The van der Waals surface area contributed by atoms with E-state index in [0.29, 0.717) is 5.92 Å². The minimum Gasteiger partial charge on any atom is -0.292 e. The second-order valence-corrected chi connectivity index (χ2v) is 9.47. The van der Waals surface area contributed by atoms with E-state index >= 15 is 0 Å². The number of pyridine rings is 4. The summed E-state index contributed by atoms with van der Waals surface area (Å²) in [4.78, 5) is 23.2. The van der Waals surface area contributed by atoms with Gasteiger partial charge in [-0.05, 0) is 66.4 Å². The van der Waals surface area contributed by atoms with Gasteiger partial charge in [0.2, 0.25) is 0 Å². The molecule has 0 aliphatic heterocycles. The second kappa shape index (κ2) is 13.6. The van der Waals surface area contributed by atoms with Gasteiger partial charge in [-0.2, -0.15) is 0 Å². The molecule has 0 spiro atoms. The Morgan fingerprint density at radius 3 is 1.42 bits per heavy atom. The molecule has 4 rings (SSSR count). The van der Waals surface area contributed by atoms with Gasteiger partial charge in [0.15, 0.2) is 0 Å². The summed E-state index contributed by atoms with van der Waals surface area (Å²) in [7, 11) is 0. The lowest BCUT2D eigenvalue weighted by atomic mass is 10.0. The molecule has 0 bridgehead atoms. The van der Waals surface area contributed by atoms with Crippen molar-refractivity contribution in [2.75, 3.05) is 13.1 Å².